The summed E-state index contributed by atoms with van der Waals surface area (Å²) in [6.07, 6.45) is -4.28. The number of hydrogen-bond donors (Lipinski definition) is 5. The Kier molecular flexibility index (Phi) is 5.76. The van der Waals surface area contributed by atoms with Crippen molar-refractivity contribution in [1.29, 1.82) is 0 Å². The molecule has 2 rings (SSSR count). The number of amides is 1. The molecule has 1 heterocycles. The van der Waals surface area contributed by atoms with E-state index in [2.05, 4.69) is 26.6 Å². The molecule has 0 bridgehead atoms. The molecule has 1 aliphatic rings. The number of benzene rings is 1. The van der Waals surface area contributed by atoms with Crippen molar-refractivity contribution in [3.05, 3.63) is 28.7 Å². The number of aliphatic hydroxyl groups excluding tert-OH is 3. The first-order valence-electron chi connectivity index (χ1n) is 6.84. The van der Waals surface area contributed by atoms with Crippen LogP contribution >= 0.6 is 15.9 Å². The molecular weight excluding hydrogens is 356 g/mol. The molecule has 1 aliphatic heterocycles. The molecule has 5 N–H and O–H groups in total. The molecular formula is C14H19BrN2O5. The summed E-state index contributed by atoms with van der Waals surface area (Å²) in [5.74, 6) is -0.357. The third-order valence-electron chi connectivity index (χ3n) is 3.45. The normalized spacial score (nSPS) is 31.6. The predicted octanol–water partition coefficient (Wildman–Crippen LogP) is -0.195. The fourth-order valence-electron chi connectivity index (χ4n) is 2.35. The largest absolute Gasteiger partial charge is 0.394 e. The Bertz CT molecular complexity index is 512. The number of halogens is 1. The number of anilines is 1. The number of nitrogens with one attached hydrogen (secondary N) is 2. The molecule has 5 atom stereocenters. The smallest absolute Gasteiger partial charge is 0.217 e. The summed E-state index contributed by atoms with van der Waals surface area (Å²) in [6, 6.07) is 6.40. The van der Waals surface area contributed by atoms with E-state index in [-0.39, 0.29) is 5.91 Å². The zero-order valence-electron chi connectivity index (χ0n) is 11.9. The Balaban J connectivity index is 2.18. The highest BCUT2D eigenvalue weighted by molar-refractivity contribution is 9.10. The Hall–Kier alpha value is -1.19. The lowest BCUT2D eigenvalue weighted by Crippen LogP contribution is -2.65. The fraction of sp³-hybridized carbons (Fsp3) is 0.500. The van der Waals surface area contributed by atoms with Crippen LogP contribution in [-0.4, -0.2) is 58.4 Å². The third kappa shape index (κ3) is 3.96. The van der Waals surface area contributed by atoms with Crippen LogP contribution in [0.5, 0.6) is 0 Å². The van der Waals surface area contributed by atoms with Gasteiger partial charge < -0.3 is 30.7 Å². The van der Waals surface area contributed by atoms with E-state index < -0.39 is 37.2 Å². The van der Waals surface area contributed by atoms with E-state index in [4.69, 9.17) is 4.74 Å². The van der Waals surface area contributed by atoms with Crippen molar-refractivity contribution < 1.29 is 24.9 Å². The number of hydrogen-bond acceptors (Lipinski definition) is 6. The minimum atomic E-state index is -1.29. The Labute approximate surface area is 136 Å². The average molecular weight is 375 g/mol. The number of ether oxygens (including phenoxy) is 1. The molecule has 0 radical (unpaired) electrons. The summed E-state index contributed by atoms with van der Waals surface area (Å²) in [7, 11) is 0. The van der Waals surface area contributed by atoms with Crippen LogP contribution in [0.4, 0.5) is 5.69 Å². The molecule has 1 aromatic carbocycles. The third-order valence-corrected chi connectivity index (χ3v) is 3.98. The van der Waals surface area contributed by atoms with Crippen molar-refractivity contribution >= 4 is 27.5 Å². The van der Waals surface area contributed by atoms with Crippen LogP contribution in [0.2, 0.25) is 0 Å². The van der Waals surface area contributed by atoms with Gasteiger partial charge in [0.25, 0.3) is 0 Å². The number of rotatable bonds is 4. The summed E-state index contributed by atoms with van der Waals surface area (Å²) in [6.45, 7) is 0.872. The highest BCUT2D eigenvalue weighted by atomic mass is 79.9. The zero-order valence-corrected chi connectivity index (χ0v) is 13.5. The summed E-state index contributed by atoms with van der Waals surface area (Å²) < 4.78 is 6.48. The lowest BCUT2D eigenvalue weighted by atomic mass is 9.96. The van der Waals surface area contributed by atoms with Crippen LogP contribution in [0, 0.1) is 0 Å². The van der Waals surface area contributed by atoms with E-state index in [1.807, 2.05) is 12.1 Å². The summed E-state index contributed by atoms with van der Waals surface area (Å²) in [5.41, 5.74) is 0.712. The van der Waals surface area contributed by atoms with Gasteiger partial charge in [-0.05, 0) is 24.3 Å². The van der Waals surface area contributed by atoms with Crippen molar-refractivity contribution in [2.75, 3.05) is 11.9 Å². The first-order chi connectivity index (χ1) is 10.4. The Morgan fingerprint density at radius 1 is 1.27 bits per heavy atom. The van der Waals surface area contributed by atoms with Gasteiger partial charge in [-0.2, -0.15) is 0 Å². The first kappa shape index (κ1) is 17.2. The first-order valence-corrected chi connectivity index (χ1v) is 7.63. The lowest BCUT2D eigenvalue weighted by molar-refractivity contribution is -0.188. The van der Waals surface area contributed by atoms with Gasteiger partial charge in [-0.1, -0.05) is 15.9 Å². The van der Waals surface area contributed by atoms with E-state index in [1.54, 1.807) is 12.1 Å². The fourth-order valence-corrected chi connectivity index (χ4v) is 2.61. The van der Waals surface area contributed by atoms with Crippen molar-refractivity contribution in [3.63, 3.8) is 0 Å². The highest BCUT2D eigenvalue weighted by Crippen LogP contribution is 2.23. The standard InChI is InChI=1S/C14H19BrN2O5/c1-7(19)16-11-13(21)12(20)10(6-18)22-14(11)17-9-4-2-8(15)3-5-9/h2-5,10-14,17-18,20-21H,6H2,1H3,(H,16,19). The molecule has 5 unspecified atom stereocenters. The average Bonchev–Trinajstić information content (AvgIpc) is 2.48. The lowest BCUT2D eigenvalue weighted by Gasteiger charge is -2.43. The van der Waals surface area contributed by atoms with E-state index in [9.17, 15) is 20.1 Å². The highest BCUT2D eigenvalue weighted by Gasteiger charge is 2.44. The van der Waals surface area contributed by atoms with Gasteiger partial charge in [0, 0.05) is 17.1 Å². The second-order valence-electron chi connectivity index (χ2n) is 5.14. The molecule has 1 fully saturated rings. The molecule has 122 valence electrons. The SMILES string of the molecule is CC(=O)NC1C(Nc2ccc(Br)cc2)OC(CO)C(O)C1O. The molecule has 0 saturated carbocycles. The van der Waals surface area contributed by atoms with Crippen LogP contribution < -0.4 is 10.6 Å². The molecule has 0 aromatic heterocycles. The molecule has 8 heteroatoms. The number of carbonyl (C=O) groups excluding carboxylic acids is 1. The summed E-state index contributed by atoms with van der Waals surface area (Å²) >= 11 is 3.33. The topological polar surface area (TPSA) is 111 Å². The Morgan fingerprint density at radius 2 is 1.91 bits per heavy atom. The van der Waals surface area contributed by atoms with Gasteiger partial charge in [0.2, 0.25) is 5.91 Å². The van der Waals surface area contributed by atoms with Gasteiger partial charge in [-0.15, -0.1) is 0 Å². The molecule has 1 saturated heterocycles. The van der Waals surface area contributed by atoms with E-state index in [1.165, 1.54) is 6.92 Å². The quantitative estimate of drug-likeness (QED) is 0.499. The maximum Gasteiger partial charge on any atom is 0.217 e. The van der Waals surface area contributed by atoms with Crippen LogP contribution in [0.3, 0.4) is 0 Å². The molecule has 0 aliphatic carbocycles. The molecule has 1 aromatic rings. The predicted molar refractivity (Wildman–Crippen MR) is 83.1 cm³/mol. The van der Waals surface area contributed by atoms with E-state index >= 15 is 0 Å². The number of aliphatic hydroxyl groups is 3. The monoisotopic (exact) mass is 374 g/mol. The van der Waals surface area contributed by atoms with Crippen LogP contribution in [0.1, 0.15) is 6.92 Å². The maximum atomic E-state index is 11.3. The van der Waals surface area contributed by atoms with Crippen molar-refractivity contribution in [1.82, 2.24) is 5.32 Å². The van der Waals surface area contributed by atoms with Gasteiger partial charge in [-0.25, -0.2) is 0 Å². The van der Waals surface area contributed by atoms with Crippen LogP contribution in [0.15, 0.2) is 28.7 Å². The molecule has 7 nitrogen and oxygen atoms in total. The van der Waals surface area contributed by atoms with Crippen molar-refractivity contribution in [2.24, 2.45) is 0 Å². The Morgan fingerprint density at radius 3 is 2.45 bits per heavy atom. The number of carbonyl (C=O) groups is 1. The second-order valence-corrected chi connectivity index (χ2v) is 6.05. The molecule has 1 amide bonds. The zero-order chi connectivity index (χ0) is 16.3. The van der Waals surface area contributed by atoms with Crippen molar-refractivity contribution in [2.45, 2.75) is 37.5 Å². The molecule has 0 spiro atoms. The van der Waals surface area contributed by atoms with Gasteiger partial charge >= 0.3 is 0 Å². The molecule has 22 heavy (non-hydrogen) atoms. The summed E-state index contributed by atoms with van der Waals surface area (Å²) in [4.78, 5) is 11.3. The van der Waals surface area contributed by atoms with E-state index in [0.29, 0.717) is 5.69 Å². The van der Waals surface area contributed by atoms with Gasteiger partial charge in [-0.3, -0.25) is 4.79 Å². The minimum absolute atomic E-state index is 0.357. The van der Waals surface area contributed by atoms with Crippen LogP contribution in [0.25, 0.3) is 0 Å². The minimum Gasteiger partial charge on any atom is -0.394 e. The van der Waals surface area contributed by atoms with Gasteiger partial charge in [0.15, 0.2) is 6.23 Å². The van der Waals surface area contributed by atoms with E-state index in [0.717, 1.165) is 4.47 Å². The second kappa shape index (κ2) is 7.38. The van der Waals surface area contributed by atoms with Gasteiger partial charge in [0.1, 0.15) is 24.4 Å². The summed E-state index contributed by atoms with van der Waals surface area (Å²) in [5, 5.41) is 34.9. The van der Waals surface area contributed by atoms with Crippen molar-refractivity contribution in [3.8, 4) is 0 Å². The van der Waals surface area contributed by atoms with Gasteiger partial charge in [0.05, 0.1) is 6.61 Å². The maximum absolute atomic E-state index is 11.3. The van der Waals surface area contributed by atoms with Crippen LogP contribution in [-0.2, 0) is 9.53 Å².